The zero-order chi connectivity index (χ0) is 14.8. The highest BCUT2D eigenvalue weighted by Crippen LogP contribution is 2.37. The van der Waals surface area contributed by atoms with Gasteiger partial charge in [-0.05, 0) is 38.1 Å². The zero-order valence-corrected chi connectivity index (χ0v) is 11.6. The van der Waals surface area contributed by atoms with E-state index in [1.54, 1.807) is 36.3 Å². The quantitative estimate of drug-likeness (QED) is 0.468. The van der Waals surface area contributed by atoms with Crippen LogP contribution in [0.1, 0.15) is 25.0 Å². The first-order chi connectivity index (χ1) is 9.46. The fourth-order valence-corrected chi connectivity index (χ4v) is 2.07. The van der Waals surface area contributed by atoms with Gasteiger partial charge in [0.1, 0.15) is 17.7 Å². The smallest absolute Gasteiger partial charge is 0.207 e. The molecule has 1 aromatic carbocycles. The number of rotatable bonds is 2. The molecule has 1 aromatic rings. The van der Waals surface area contributed by atoms with Crippen molar-refractivity contribution < 1.29 is 4.74 Å². The summed E-state index contributed by atoms with van der Waals surface area (Å²) in [5.41, 5.74) is 1.76. The van der Waals surface area contributed by atoms with Crippen LogP contribution in [-0.4, -0.2) is 23.9 Å². The van der Waals surface area contributed by atoms with Crippen LogP contribution in [-0.2, 0) is 0 Å². The molecule has 1 aliphatic rings. The minimum Gasteiger partial charge on any atom is -0.483 e. The van der Waals surface area contributed by atoms with E-state index in [2.05, 4.69) is 11.1 Å². The standard InChI is InChI=1S/C15H14N4O/c1-15(2)7-13(19(3)10-18-9-17)12-6-11(8-16)4-5-14(12)20-15/h4-7,10H,1-3H3. The van der Waals surface area contributed by atoms with Gasteiger partial charge in [0.15, 0.2) is 0 Å². The van der Waals surface area contributed by atoms with Gasteiger partial charge in [-0.15, -0.1) is 0 Å². The van der Waals surface area contributed by atoms with Crippen LogP contribution in [0.5, 0.6) is 5.75 Å². The van der Waals surface area contributed by atoms with Crippen molar-refractivity contribution in [3.05, 3.63) is 35.4 Å². The maximum atomic E-state index is 9.01. The van der Waals surface area contributed by atoms with E-state index in [1.165, 1.54) is 6.34 Å². The Kier molecular flexibility index (Phi) is 3.45. The zero-order valence-electron chi connectivity index (χ0n) is 11.6. The first kappa shape index (κ1) is 13.6. The van der Waals surface area contributed by atoms with Crippen molar-refractivity contribution in [2.45, 2.75) is 19.4 Å². The number of fused-ring (bicyclic) bond motifs is 1. The second kappa shape index (κ2) is 5.07. The van der Waals surface area contributed by atoms with Gasteiger partial charge in [0.25, 0.3) is 0 Å². The van der Waals surface area contributed by atoms with Gasteiger partial charge in [0.05, 0.1) is 17.3 Å². The minimum absolute atomic E-state index is 0.467. The lowest BCUT2D eigenvalue weighted by Gasteiger charge is -2.33. The van der Waals surface area contributed by atoms with E-state index < -0.39 is 5.60 Å². The topological polar surface area (TPSA) is 72.4 Å². The van der Waals surface area contributed by atoms with E-state index in [1.807, 2.05) is 19.9 Å². The average molecular weight is 266 g/mol. The molecule has 5 nitrogen and oxygen atoms in total. The second-order valence-corrected chi connectivity index (χ2v) is 5.01. The van der Waals surface area contributed by atoms with Crippen LogP contribution in [0.15, 0.2) is 29.3 Å². The van der Waals surface area contributed by atoms with Crippen molar-refractivity contribution >= 4 is 12.0 Å². The van der Waals surface area contributed by atoms with Crippen LogP contribution in [0.25, 0.3) is 5.70 Å². The molecule has 1 aliphatic heterocycles. The third-order valence-corrected chi connectivity index (χ3v) is 2.91. The van der Waals surface area contributed by atoms with Gasteiger partial charge < -0.3 is 9.64 Å². The summed E-state index contributed by atoms with van der Waals surface area (Å²) >= 11 is 0. The molecule has 1 heterocycles. The second-order valence-electron chi connectivity index (χ2n) is 5.01. The number of aliphatic imine (C=N–C) groups is 1. The van der Waals surface area contributed by atoms with Gasteiger partial charge in [-0.2, -0.15) is 15.5 Å². The van der Waals surface area contributed by atoms with Crippen molar-refractivity contribution in [2.75, 3.05) is 7.05 Å². The molecule has 0 atom stereocenters. The van der Waals surface area contributed by atoms with E-state index in [9.17, 15) is 0 Å². The summed E-state index contributed by atoms with van der Waals surface area (Å²) < 4.78 is 5.88. The highest BCUT2D eigenvalue weighted by Gasteiger charge is 2.28. The lowest BCUT2D eigenvalue weighted by Crippen LogP contribution is -2.32. The van der Waals surface area contributed by atoms with E-state index >= 15 is 0 Å². The Balaban J connectivity index is 2.54. The summed E-state index contributed by atoms with van der Waals surface area (Å²) in [5.74, 6) is 0.712. The molecule has 0 spiro atoms. The van der Waals surface area contributed by atoms with Crippen molar-refractivity contribution in [1.82, 2.24) is 4.90 Å². The van der Waals surface area contributed by atoms with E-state index in [4.69, 9.17) is 15.3 Å². The van der Waals surface area contributed by atoms with Gasteiger partial charge in [0.2, 0.25) is 6.19 Å². The molecule has 0 saturated heterocycles. The third kappa shape index (κ3) is 2.62. The average Bonchev–Trinajstić information content (AvgIpc) is 2.42. The van der Waals surface area contributed by atoms with Crippen LogP contribution in [0, 0.1) is 22.8 Å². The Morgan fingerprint density at radius 3 is 2.75 bits per heavy atom. The molecule has 2 rings (SSSR count). The van der Waals surface area contributed by atoms with Crippen molar-refractivity contribution in [3.8, 4) is 18.0 Å². The van der Waals surface area contributed by atoms with Gasteiger partial charge in [0, 0.05) is 12.6 Å². The van der Waals surface area contributed by atoms with Gasteiger partial charge in [-0.3, -0.25) is 0 Å². The number of nitrogens with zero attached hydrogens (tertiary/aromatic N) is 4. The molecule has 20 heavy (non-hydrogen) atoms. The monoisotopic (exact) mass is 266 g/mol. The molecule has 0 saturated carbocycles. The molecular weight excluding hydrogens is 252 g/mol. The number of ether oxygens (including phenoxy) is 1. The van der Waals surface area contributed by atoms with Crippen molar-refractivity contribution in [3.63, 3.8) is 0 Å². The SMILES string of the molecule is CN(C=NC#N)C1=CC(C)(C)Oc2ccc(C#N)cc21. The summed E-state index contributed by atoms with van der Waals surface area (Å²) in [6.07, 6.45) is 5.11. The van der Waals surface area contributed by atoms with E-state index in [-0.39, 0.29) is 0 Å². The van der Waals surface area contributed by atoms with Crippen LogP contribution in [0.3, 0.4) is 0 Å². The molecule has 0 radical (unpaired) electrons. The number of hydrogen-bond acceptors (Lipinski definition) is 4. The predicted octanol–water partition coefficient (Wildman–Crippen LogP) is 2.51. The minimum atomic E-state index is -0.467. The van der Waals surface area contributed by atoms with E-state index in [0.717, 1.165) is 11.3 Å². The summed E-state index contributed by atoms with van der Waals surface area (Å²) in [4.78, 5) is 5.31. The summed E-state index contributed by atoms with van der Waals surface area (Å²) in [6, 6.07) is 7.40. The maximum absolute atomic E-state index is 9.01. The summed E-state index contributed by atoms with van der Waals surface area (Å²) in [5, 5.41) is 17.5. The number of hydrogen-bond donors (Lipinski definition) is 0. The van der Waals surface area contributed by atoms with Gasteiger partial charge in [-0.25, -0.2) is 0 Å². The molecule has 0 fully saturated rings. The largest absolute Gasteiger partial charge is 0.483 e. The van der Waals surface area contributed by atoms with E-state index in [0.29, 0.717) is 11.3 Å². The first-order valence-electron chi connectivity index (χ1n) is 6.08. The highest BCUT2D eigenvalue weighted by atomic mass is 16.5. The highest BCUT2D eigenvalue weighted by molar-refractivity contribution is 5.81. The molecule has 0 unspecified atom stereocenters. The Labute approximate surface area is 118 Å². The summed E-state index contributed by atoms with van der Waals surface area (Å²) in [7, 11) is 1.80. The Morgan fingerprint density at radius 2 is 2.10 bits per heavy atom. The fourth-order valence-electron chi connectivity index (χ4n) is 2.07. The first-order valence-corrected chi connectivity index (χ1v) is 6.08. The van der Waals surface area contributed by atoms with Gasteiger partial charge >= 0.3 is 0 Å². The Hall–Kier alpha value is -2.79. The van der Waals surface area contributed by atoms with Crippen molar-refractivity contribution in [2.24, 2.45) is 4.99 Å². The van der Waals surface area contributed by atoms with Crippen molar-refractivity contribution in [1.29, 1.82) is 10.5 Å². The lowest BCUT2D eigenvalue weighted by atomic mass is 9.97. The molecule has 5 heteroatoms. The third-order valence-electron chi connectivity index (χ3n) is 2.91. The molecule has 0 aromatic heterocycles. The van der Waals surface area contributed by atoms with Crippen LogP contribution in [0.2, 0.25) is 0 Å². The Morgan fingerprint density at radius 1 is 1.35 bits per heavy atom. The molecule has 0 amide bonds. The van der Waals surface area contributed by atoms with Gasteiger partial charge in [-0.1, -0.05) is 0 Å². The predicted molar refractivity (Wildman–Crippen MR) is 75.7 cm³/mol. The number of nitriles is 2. The number of benzene rings is 1. The molecule has 100 valence electrons. The molecule has 0 bridgehead atoms. The summed E-state index contributed by atoms with van der Waals surface area (Å²) in [6.45, 7) is 3.90. The maximum Gasteiger partial charge on any atom is 0.207 e. The van der Waals surface area contributed by atoms with Crippen LogP contribution in [0.4, 0.5) is 0 Å². The fraction of sp³-hybridized carbons (Fsp3) is 0.267. The molecule has 0 N–H and O–H groups in total. The van der Waals surface area contributed by atoms with Crippen LogP contribution >= 0.6 is 0 Å². The lowest BCUT2D eigenvalue weighted by molar-refractivity contribution is 0.156. The van der Waals surface area contributed by atoms with Crippen LogP contribution < -0.4 is 4.74 Å². The molecular formula is C15H14N4O. The normalized spacial score (nSPS) is 15.6. The molecule has 0 aliphatic carbocycles. The Bertz CT molecular complexity index is 674.